The molecule has 1 N–H and O–H groups in total. The average molecular weight is 316 g/mol. The predicted octanol–water partition coefficient (Wildman–Crippen LogP) is 0.942. The Bertz CT molecular complexity index is 808. The summed E-state index contributed by atoms with van der Waals surface area (Å²) in [7, 11) is 0. The van der Waals surface area contributed by atoms with Crippen LogP contribution in [0.3, 0.4) is 0 Å². The number of hydrogen-bond donors (Lipinski definition) is 1. The molecule has 7 heteroatoms. The van der Waals surface area contributed by atoms with Crippen LogP contribution in [0.2, 0.25) is 0 Å². The highest BCUT2D eigenvalue weighted by Gasteiger charge is 2.20. The van der Waals surface area contributed by atoms with Gasteiger partial charge in [0.1, 0.15) is 0 Å². The van der Waals surface area contributed by atoms with Crippen LogP contribution < -0.4 is 16.6 Å². The molecule has 1 unspecified atom stereocenters. The molecule has 0 aliphatic carbocycles. The zero-order valence-corrected chi connectivity index (χ0v) is 13.4. The van der Waals surface area contributed by atoms with Gasteiger partial charge >= 0.3 is 5.69 Å². The van der Waals surface area contributed by atoms with Gasteiger partial charge < -0.3 is 5.32 Å². The van der Waals surface area contributed by atoms with E-state index in [0.717, 1.165) is 15.7 Å². The van der Waals surface area contributed by atoms with Crippen molar-refractivity contribution in [2.75, 3.05) is 0 Å². The van der Waals surface area contributed by atoms with Gasteiger partial charge in [-0.15, -0.1) is 0 Å². The van der Waals surface area contributed by atoms with E-state index < -0.39 is 17.2 Å². The van der Waals surface area contributed by atoms with Crippen LogP contribution in [0.4, 0.5) is 0 Å². The zero-order chi connectivity index (χ0) is 17.0. The summed E-state index contributed by atoms with van der Waals surface area (Å²) >= 11 is 0. The Morgan fingerprint density at radius 1 is 1.22 bits per heavy atom. The average Bonchev–Trinajstić information content (AvgIpc) is 2.56. The second kappa shape index (κ2) is 7.04. The lowest BCUT2D eigenvalue weighted by Gasteiger charge is -2.13. The fraction of sp³-hybridized carbons (Fsp3) is 0.375. The lowest BCUT2D eigenvalue weighted by Crippen LogP contribution is -2.46. The minimum atomic E-state index is -0.675. The number of amides is 1. The van der Waals surface area contributed by atoms with Crippen molar-refractivity contribution in [2.24, 2.45) is 0 Å². The Kier molecular flexibility index (Phi) is 5.10. The van der Waals surface area contributed by atoms with E-state index in [4.69, 9.17) is 0 Å². The van der Waals surface area contributed by atoms with Crippen molar-refractivity contribution in [2.45, 2.75) is 39.8 Å². The van der Waals surface area contributed by atoms with Crippen LogP contribution in [0.25, 0.3) is 5.69 Å². The summed E-state index contributed by atoms with van der Waals surface area (Å²) in [5.74, 6) is -0.573. The number of aromatic nitrogens is 3. The van der Waals surface area contributed by atoms with Gasteiger partial charge in [-0.2, -0.15) is 9.78 Å². The normalized spacial score (nSPS) is 12.0. The summed E-state index contributed by atoms with van der Waals surface area (Å²) in [6, 6.07) is 8.61. The minimum Gasteiger partial charge on any atom is -0.348 e. The number of carbonyl (C=O) groups excluding carboxylic acids is 1. The molecule has 1 amide bonds. The maximum atomic E-state index is 12.4. The van der Waals surface area contributed by atoms with Crippen LogP contribution in [0, 0.1) is 0 Å². The molecule has 0 saturated carbocycles. The van der Waals surface area contributed by atoms with Gasteiger partial charge in [-0.25, -0.2) is 4.79 Å². The van der Waals surface area contributed by atoms with E-state index in [-0.39, 0.29) is 18.3 Å². The molecule has 1 aromatic heterocycles. The predicted molar refractivity (Wildman–Crippen MR) is 87.0 cm³/mol. The standard InChI is InChI=1S/C16H20N4O3/c1-4-11(3)17-14(21)13-15(22)19(5-2)16(23)20(18-13)12-9-7-6-8-10-12/h6-11H,4-5H2,1-3H3,(H,17,21). The van der Waals surface area contributed by atoms with Gasteiger partial charge in [-0.05, 0) is 32.4 Å². The van der Waals surface area contributed by atoms with Gasteiger partial charge in [-0.3, -0.25) is 14.2 Å². The minimum absolute atomic E-state index is 0.0871. The Hall–Kier alpha value is -2.70. The van der Waals surface area contributed by atoms with E-state index in [1.807, 2.05) is 13.8 Å². The highest BCUT2D eigenvalue weighted by molar-refractivity contribution is 5.91. The van der Waals surface area contributed by atoms with Crippen molar-refractivity contribution in [1.82, 2.24) is 19.7 Å². The maximum absolute atomic E-state index is 12.4. The third-order valence-electron chi connectivity index (χ3n) is 3.58. The zero-order valence-electron chi connectivity index (χ0n) is 13.4. The third kappa shape index (κ3) is 3.39. The van der Waals surface area contributed by atoms with Crippen molar-refractivity contribution >= 4 is 5.91 Å². The molecule has 2 aromatic rings. The van der Waals surface area contributed by atoms with Gasteiger partial charge in [0.05, 0.1) is 5.69 Å². The monoisotopic (exact) mass is 316 g/mol. The number of rotatable bonds is 5. The first-order valence-corrected chi connectivity index (χ1v) is 7.60. The van der Waals surface area contributed by atoms with Crippen LogP contribution in [-0.4, -0.2) is 26.3 Å². The number of hydrogen-bond acceptors (Lipinski definition) is 4. The first-order chi connectivity index (χ1) is 11.0. The van der Waals surface area contributed by atoms with Crippen LogP contribution in [0.15, 0.2) is 39.9 Å². The molecule has 0 aliphatic rings. The fourth-order valence-corrected chi connectivity index (χ4v) is 2.07. The van der Waals surface area contributed by atoms with Crippen molar-refractivity contribution in [3.05, 3.63) is 56.9 Å². The van der Waals surface area contributed by atoms with Crippen molar-refractivity contribution in [3.8, 4) is 5.69 Å². The molecule has 0 spiro atoms. The second-order valence-electron chi connectivity index (χ2n) is 5.21. The quantitative estimate of drug-likeness (QED) is 0.889. The highest BCUT2D eigenvalue weighted by atomic mass is 16.2. The molecule has 23 heavy (non-hydrogen) atoms. The van der Waals surface area contributed by atoms with E-state index >= 15 is 0 Å². The number of para-hydroxylation sites is 1. The van der Waals surface area contributed by atoms with E-state index in [0.29, 0.717) is 5.69 Å². The number of nitrogens with one attached hydrogen (secondary N) is 1. The topological polar surface area (TPSA) is 86.0 Å². The SMILES string of the molecule is CCC(C)NC(=O)c1nn(-c2ccccc2)c(=O)n(CC)c1=O. The van der Waals surface area contributed by atoms with Gasteiger partial charge in [0.15, 0.2) is 0 Å². The molecule has 1 atom stereocenters. The van der Waals surface area contributed by atoms with Gasteiger partial charge in [0, 0.05) is 12.6 Å². The Balaban J connectivity index is 2.62. The number of benzene rings is 1. The molecule has 1 heterocycles. The first kappa shape index (κ1) is 16.7. The third-order valence-corrected chi connectivity index (χ3v) is 3.58. The molecule has 0 saturated heterocycles. The summed E-state index contributed by atoms with van der Waals surface area (Å²) in [6.45, 7) is 5.60. The Morgan fingerprint density at radius 3 is 2.43 bits per heavy atom. The molecule has 7 nitrogen and oxygen atoms in total. The number of carbonyl (C=O) groups is 1. The molecule has 2 rings (SSSR count). The smallest absolute Gasteiger partial charge is 0.348 e. The lowest BCUT2D eigenvalue weighted by atomic mass is 10.2. The van der Waals surface area contributed by atoms with Gasteiger partial charge in [0.2, 0.25) is 5.69 Å². The van der Waals surface area contributed by atoms with Crippen molar-refractivity contribution < 1.29 is 4.79 Å². The molecule has 0 radical (unpaired) electrons. The Labute approximate surface area is 133 Å². The number of nitrogens with zero attached hydrogens (tertiary/aromatic N) is 3. The second-order valence-corrected chi connectivity index (χ2v) is 5.21. The molecule has 1 aromatic carbocycles. The molecule has 0 bridgehead atoms. The summed E-state index contributed by atoms with van der Waals surface area (Å²) in [5, 5.41) is 6.70. The molecular weight excluding hydrogens is 296 g/mol. The summed E-state index contributed by atoms with van der Waals surface area (Å²) < 4.78 is 2.09. The molecule has 0 aliphatic heterocycles. The van der Waals surface area contributed by atoms with Crippen molar-refractivity contribution in [1.29, 1.82) is 0 Å². The van der Waals surface area contributed by atoms with E-state index in [1.165, 1.54) is 0 Å². The molecular formula is C16H20N4O3. The van der Waals surface area contributed by atoms with E-state index in [1.54, 1.807) is 37.3 Å². The molecule has 0 fully saturated rings. The van der Waals surface area contributed by atoms with E-state index in [9.17, 15) is 14.4 Å². The Morgan fingerprint density at radius 2 is 1.87 bits per heavy atom. The van der Waals surface area contributed by atoms with Crippen LogP contribution >= 0.6 is 0 Å². The largest absolute Gasteiger partial charge is 0.352 e. The van der Waals surface area contributed by atoms with Crippen LogP contribution in [-0.2, 0) is 6.54 Å². The first-order valence-electron chi connectivity index (χ1n) is 7.60. The van der Waals surface area contributed by atoms with Crippen molar-refractivity contribution in [3.63, 3.8) is 0 Å². The summed E-state index contributed by atoms with van der Waals surface area (Å²) in [6.07, 6.45) is 0.728. The van der Waals surface area contributed by atoms with Gasteiger partial charge in [0.25, 0.3) is 11.5 Å². The lowest BCUT2D eigenvalue weighted by molar-refractivity contribution is 0.0929. The van der Waals surface area contributed by atoms with Gasteiger partial charge in [-0.1, -0.05) is 25.1 Å². The highest BCUT2D eigenvalue weighted by Crippen LogP contribution is 2.02. The summed E-state index contributed by atoms with van der Waals surface area (Å²) in [4.78, 5) is 37.0. The van der Waals surface area contributed by atoms with Crippen LogP contribution in [0.5, 0.6) is 0 Å². The molecule has 122 valence electrons. The van der Waals surface area contributed by atoms with E-state index in [2.05, 4.69) is 10.4 Å². The summed E-state index contributed by atoms with van der Waals surface area (Å²) in [5.41, 5.74) is -1.03. The van der Waals surface area contributed by atoms with Crippen LogP contribution in [0.1, 0.15) is 37.7 Å². The maximum Gasteiger partial charge on any atom is 0.352 e. The fourth-order valence-electron chi connectivity index (χ4n) is 2.07.